The van der Waals surface area contributed by atoms with E-state index in [1.807, 2.05) is 54.6 Å². The van der Waals surface area contributed by atoms with E-state index in [2.05, 4.69) is 15.8 Å². The molecule has 2 N–H and O–H groups in total. The van der Waals surface area contributed by atoms with Crippen LogP contribution < -0.4 is 15.5 Å². The summed E-state index contributed by atoms with van der Waals surface area (Å²) in [5.74, 6) is 1.63. The van der Waals surface area contributed by atoms with Crippen molar-refractivity contribution in [2.75, 3.05) is 18.4 Å². The summed E-state index contributed by atoms with van der Waals surface area (Å²) in [6, 6.07) is 17.5. The molecule has 23 heavy (non-hydrogen) atoms. The largest absolute Gasteiger partial charge is 0.457 e. The van der Waals surface area contributed by atoms with E-state index >= 15 is 0 Å². The summed E-state index contributed by atoms with van der Waals surface area (Å²) in [7, 11) is 0. The predicted octanol–water partition coefficient (Wildman–Crippen LogP) is 4.17. The zero-order chi connectivity index (χ0) is 15.9. The van der Waals surface area contributed by atoms with E-state index in [1.54, 1.807) is 0 Å². The highest BCUT2D eigenvalue weighted by atomic mass is 32.1. The SMILES string of the molecule is S=C(Nc1ccc(Oc2ccccc2)cc1)NN1CCCCC1. The minimum absolute atomic E-state index is 0.628. The fourth-order valence-corrected chi connectivity index (χ4v) is 2.79. The highest BCUT2D eigenvalue weighted by Crippen LogP contribution is 2.22. The highest BCUT2D eigenvalue weighted by molar-refractivity contribution is 7.80. The lowest BCUT2D eigenvalue weighted by Gasteiger charge is -2.28. The number of hydrazine groups is 1. The second-order valence-electron chi connectivity index (χ2n) is 5.55. The number of piperidine rings is 1. The smallest absolute Gasteiger partial charge is 0.185 e. The van der Waals surface area contributed by atoms with Crippen molar-refractivity contribution in [1.82, 2.24) is 10.4 Å². The van der Waals surface area contributed by atoms with Gasteiger partial charge in [-0.15, -0.1) is 0 Å². The molecule has 4 nitrogen and oxygen atoms in total. The van der Waals surface area contributed by atoms with Crippen LogP contribution in [0.25, 0.3) is 0 Å². The maximum absolute atomic E-state index is 5.78. The third kappa shape index (κ3) is 4.94. The van der Waals surface area contributed by atoms with Gasteiger partial charge in [0.1, 0.15) is 11.5 Å². The number of benzene rings is 2. The van der Waals surface area contributed by atoms with Crippen molar-refractivity contribution in [1.29, 1.82) is 0 Å². The molecule has 1 heterocycles. The summed E-state index contributed by atoms with van der Waals surface area (Å²) >= 11 is 5.36. The van der Waals surface area contributed by atoms with Crippen molar-refractivity contribution in [3.63, 3.8) is 0 Å². The minimum Gasteiger partial charge on any atom is -0.457 e. The van der Waals surface area contributed by atoms with Gasteiger partial charge in [0.25, 0.3) is 0 Å². The van der Waals surface area contributed by atoms with Gasteiger partial charge in [0.05, 0.1) is 0 Å². The first kappa shape index (κ1) is 15.8. The van der Waals surface area contributed by atoms with Crippen LogP contribution in [0.1, 0.15) is 19.3 Å². The van der Waals surface area contributed by atoms with E-state index in [0.717, 1.165) is 30.3 Å². The average Bonchev–Trinajstić information content (AvgIpc) is 2.58. The van der Waals surface area contributed by atoms with Gasteiger partial charge in [-0.25, -0.2) is 5.01 Å². The van der Waals surface area contributed by atoms with Crippen molar-refractivity contribution in [2.45, 2.75) is 19.3 Å². The molecule has 0 saturated carbocycles. The molecular formula is C18H21N3OS. The molecular weight excluding hydrogens is 306 g/mol. The van der Waals surface area contributed by atoms with Gasteiger partial charge in [0.15, 0.2) is 5.11 Å². The van der Waals surface area contributed by atoms with Crippen LogP contribution in [0.2, 0.25) is 0 Å². The molecule has 5 heteroatoms. The lowest BCUT2D eigenvalue weighted by atomic mass is 10.2. The molecule has 0 unspecified atom stereocenters. The summed E-state index contributed by atoms with van der Waals surface area (Å²) < 4.78 is 5.78. The molecule has 0 atom stereocenters. The molecule has 0 bridgehead atoms. The van der Waals surface area contributed by atoms with Crippen molar-refractivity contribution < 1.29 is 4.74 Å². The molecule has 0 spiro atoms. The summed E-state index contributed by atoms with van der Waals surface area (Å²) in [6.45, 7) is 2.09. The molecule has 2 aromatic rings. The van der Waals surface area contributed by atoms with E-state index in [9.17, 15) is 0 Å². The molecule has 0 amide bonds. The second kappa shape index (κ2) is 7.94. The number of anilines is 1. The van der Waals surface area contributed by atoms with E-state index < -0.39 is 0 Å². The third-order valence-electron chi connectivity index (χ3n) is 3.71. The minimum atomic E-state index is 0.628. The molecule has 120 valence electrons. The van der Waals surface area contributed by atoms with Crippen molar-refractivity contribution >= 4 is 23.0 Å². The van der Waals surface area contributed by atoms with Crippen LogP contribution in [0.4, 0.5) is 5.69 Å². The van der Waals surface area contributed by atoms with Gasteiger partial charge in [-0.2, -0.15) is 0 Å². The molecule has 3 rings (SSSR count). The van der Waals surface area contributed by atoms with E-state index in [0.29, 0.717) is 5.11 Å². The van der Waals surface area contributed by atoms with Crippen molar-refractivity contribution in [2.24, 2.45) is 0 Å². The Balaban J connectivity index is 1.51. The molecule has 2 aromatic carbocycles. The predicted molar refractivity (Wildman–Crippen MR) is 97.7 cm³/mol. The van der Waals surface area contributed by atoms with Crippen molar-refractivity contribution in [3.8, 4) is 11.5 Å². The molecule has 1 aliphatic rings. The monoisotopic (exact) mass is 327 g/mol. The summed E-state index contributed by atoms with van der Waals surface area (Å²) in [6.07, 6.45) is 3.75. The number of nitrogens with zero attached hydrogens (tertiary/aromatic N) is 1. The van der Waals surface area contributed by atoms with Crippen LogP contribution in [0.3, 0.4) is 0 Å². The number of para-hydroxylation sites is 1. The number of nitrogens with one attached hydrogen (secondary N) is 2. The Kier molecular flexibility index (Phi) is 5.45. The topological polar surface area (TPSA) is 36.5 Å². The first-order chi connectivity index (χ1) is 11.3. The van der Waals surface area contributed by atoms with E-state index in [4.69, 9.17) is 17.0 Å². The molecule has 0 aromatic heterocycles. The summed E-state index contributed by atoms with van der Waals surface area (Å²) in [5.41, 5.74) is 4.19. The van der Waals surface area contributed by atoms with Crippen LogP contribution in [0.15, 0.2) is 54.6 Å². The van der Waals surface area contributed by atoms with Crippen LogP contribution >= 0.6 is 12.2 Å². The second-order valence-corrected chi connectivity index (χ2v) is 5.96. The molecule has 1 aliphatic heterocycles. The lowest BCUT2D eigenvalue weighted by Crippen LogP contribution is -2.46. The number of rotatable bonds is 4. The van der Waals surface area contributed by atoms with Gasteiger partial charge in [0, 0.05) is 18.8 Å². The number of thiocarbonyl (C=S) groups is 1. The van der Waals surface area contributed by atoms with Gasteiger partial charge in [-0.05, 0) is 61.5 Å². The molecule has 1 saturated heterocycles. The maximum Gasteiger partial charge on any atom is 0.185 e. The Morgan fingerprint density at radius 3 is 2.22 bits per heavy atom. The number of ether oxygens (including phenoxy) is 1. The normalized spacial score (nSPS) is 15.0. The van der Waals surface area contributed by atoms with Gasteiger partial charge in [-0.1, -0.05) is 24.6 Å². The van der Waals surface area contributed by atoms with Gasteiger partial charge in [-0.3, -0.25) is 5.43 Å². The maximum atomic E-state index is 5.78. The Bertz CT molecular complexity index is 624. The van der Waals surface area contributed by atoms with Crippen molar-refractivity contribution in [3.05, 3.63) is 54.6 Å². The van der Waals surface area contributed by atoms with Gasteiger partial charge in [0.2, 0.25) is 0 Å². The fourth-order valence-electron chi connectivity index (χ4n) is 2.54. The van der Waals surface area contributed by atoms with Crippen LogP contribution in [0, 0.1) is 0 Å². The van der Waals surface area contributed by atoms with Crippen LogP contribution in [-0.4, -0.2) is 23.2 Å². The number of hydrogen-bond acceptors (Lipinski definition) is 3. The number of hydrogen-bond donors (Lipinski definition) is 2. The standard InChI is InChI=1S/C18H21N3OS/c23-18(20-21-13-5-2-6-14-21)19-15-9-11-17(12-10-15)22-16-7-3-1-4-8-16/h1,3-4,7-12H,2,5-6,13-14H2,(H2,19,20,23). The third-order valence-corrected chi connectivity index (χ3v) is 3.90. The highest BCUT2D eigenvalue weighted by Gasteiger charge is 2.10. The zero-order valence-electron chi connectivity index (χ0n) is 13.0. The van der Waals surface area contributed by atoms with Crippen LogP contribution in [0.5, 0.6) is 11.5 Å². The average molecular weight is 327 g/mol. The zero-order valence-corrected chi connectivity index (χ0v) is 13.8. The first-order valence-corrected chi connectivity index (χ1v) is 8.36. The fraction of sp³-hybridized carbons (Fsp3) is 0.278. The Hall–Kier alpha value is -2.11. The Labute approximate surface area is 142 Å². The molecule has 0 aliphatic carbocycles. The summed E-state index contributed by atoms with van der Waals surface area (Å²) in [4.78, 5) is 0. The molecule has 0 radical (unpaired) electrons. The van der Waals surface area contributed by atoms with Crippen LogP contribution in [-0.2, 0) is 0 Å². The quantitative estimate of drug-likeness (QED) is 0.825. The van der Waals surface area contributed by atoms with E-state index in [-0.39, 0.29) is 0 Å². The Morgan fingerprint density at radius 2 is 1.52 bits per heavy atom. The Morgan fingerprint density at radius 1 is 0.870 bits per heavy atom. The summed E-state index contributed by atoms with van der Waals surface area (Å²) in [5, 5.41) is 6.00. The molecule has 1 fully saturated rings. The van der Waals surface area contributed by atoms with Gasteiger partial charge < -0.3 is 10.1 Å². The lowest BCUT2D eigenvalue weighted by molar-refractivity contribution is 0.196. The first-order valence-electron chi connectivity index (χ1n) is 7.95. The van der Waals surface area contributed by atoms with Gasteiger partial charge >= 0.3 is 0 Å². The van der Waals surface area contributed by atoms with E-state index in [1.165, 1.54) is 19.3 Å².